The summed E-state index contributed by atoms with van der Waals surface area (Å²) in [5.74, 6) is 6.83. The van der Waals surface area contributed by atoms with E-state index in [4.69, 9.17) is 9.84 Å². The van der Waals surface area contributed by atoms with E-state index in [2.05, 4.69) is 49.8 Å². The van der Waals surface area contributed by atoms with Gasteiger partial charge in [0.25, 0.3) is 0 Å². The molecular weight excluding hydrogens is 262 g/mol. The number of aliphatic hydroxyl groups excluding tert-OH is 1. The van der Waals surface area contributed by atoms with Gasteiger partial charge >= 0.3 is 0 Å². The third-order valence-corrected chi connectivity index (χ3v) is 3.72. The fourth-order valence-electron chi connectivity index (χ4n) is 2.49. The number of rotatable bonds is 7. The van der Waals surface area contributed by atoms with Gasteiger partial charge in [-0.3, -0.25) is 4.90 Å². The Morgan fingerprint density at radius 1 is 1.29 bits per heavy atom. The molecule has 0 fully saturated rings. The molecule has 1 N–H and O–H groups in total. The Labute approximate surface area is 128 Å². The first-order valence-electron chi connectivity index (χ1n) is 7.63. The molecule has 1 rings (SSSR count). The molecule has 0 aliphatic heterocycles. The summed E-state index contributed by atoms with van der Waals surface area (Å²) < 4.78 is 5.35. The average Bonchev–Trinajstić information content (AvgIpc) is 2.49. The standard InChI is InChI=1S/C18H27NO2/c1-5-17(6-2)19(3)14-15-10-11-18(21-4)16(13-15)9-7-8-12-20/h10-11,13,17,20H,5-6,8,12,14H2,1-4H3. The van der Waals surface area contributed by atoms with Gasteiger partial charge in [0, 0.05) is 19.0 Å². The van der Waals surface area contributed by atoms with Crippen molar-refractivity contribution in [2.45, 2.75) is 45.7 Å². The third kappa shape index (κ3) is 5.41. The van der Waals surface area contributed by atoms with Crippen molar-refractivity contribution in [3.05, 3.63) is 29.3 Å². The quantitative estimate of drug-likeness (QED) is 0.783. The lowest BCUT2D eigenvalue weighted by atomic mass is 10.1. The minimum Gasteiger partial charge on any atom is -0.495 e. The van der Waals surface area contributed by atoms with Crippen LogP contribution in [0.4, 0.5) is 0 Å². The topological polar surface area (TPSA) is 32.7 Å². The van der Waals surface area contributed by atoms with E-state index < -0.39 is 0 Å². The molecule has 0 aliphatic carbocycles. The van der Waals surface area contributed by atoms with Crippen molar-refractivity contribution in [1.82, 2.24) is 4.90 Å². The molecule has 0 spiro atoms. The zero-order valence-electron chi connectivity index (χ0n) is 13.6. The second-order valence-corrected chi connectivity index (χ2v) is 5.20. The van der Waals surface area contributed by atoms with Crippen LogP contribution in [0.1, 0.15) is 44.2 Å². The highest BCUT2D eigenvalue weighted by atomic mass is 16.5. The van der Waals surface area contributed by atoms with Gasteiger partial charge < -0.3 is 9.84 Å². The summed E-state index contributed by atoms with van der Waals surface area (Å²) in [5.41, 5.74) is 2.12. The maximum absolute atomic E-state index is 8.82. The van der Waals surface area contributed by atoms with Gasteiger partial charge in [-0.2, -0.15) is 0 Å². The minimum atomic E-state index is 0.0897. The largest absolute Gasteiger partial charge is 0.495 e. The number of benzene rings is 1. The van der Waals surface area contributed by atoms with Gasteiger partial charge in [-0.05, 0) is 37.6 Å². The van der Waals surface area contributed by atoms with E-state index in [1.807, 2.05) is 6.07 Å². The van der Waals surface area contributed by atoms with Crippen molar-refractivity contribution in [1.29, 1.82) is 0 Å². The fraction of sp³-hybridized carbons (Fsp3) is 0.556. The molecule has 0 radical (unpaired) electrons. The van der Waals surface area contributed by atoms with E-state index >= 15 is 0 Å². The zero-order chi connectivity index (χ0) is 15.7. The molecule has 0 bridgehead atoms. The van der Waals surface area contributed by atoms with Gasteiger partial charge in [-0.15, -0.1) is 0 Å². The Bertz CT molecular complexity index is 484. The molecular formula is C18H27NO2. The van der Waals surface area contributed by atoms with Crippen molar-refractivity contribution < 1.29 is 9.84 Å². The van der Waals surface area contributed by atoms with E-state index in [0.717, 1.165) is 30.7 Å². The van der Waals surface area contributed by atoms with Crippen LogP contribution in [0.25, 0.3) is 0 Å². The SMILES string of the molecule is CCC(CC)N(C)Cc1ccc(OC)c(C#CCCO)c1. The lowest BCUT2D eigenvalue weighted by Gasteiger charge is -2.26. The van der Waals surface area contributed by atoms with Gasteiger partial charge in [0.2, 0.25) is 0 Å². The van der Waals surface area contributed by atoms with Gasteiger partial charge in [0.1, 0.15) is 5.75 Å². The van der Waals surface area contributed by atoms with Crippen LogP contribution in [0, 0.1) is 11.8 Å². The zero-order valence-corrected chi connectivity index (χ0v) is 13.6. The van der Waals surface area contributed by atoms with Crippen LogP contribution in [0.2, 0.25) is 0 Å². The number of hydrogen-bond acceptors (Lipinski definition) is 3. The van der Waals surface area contributed by atoms with Crippen molar-refractivity contribution in [3.63, 3.8) is 0 Å². The van der Waals surface area contributed by atoms with E-state index in [0.29, 0.717) is 12.5 Å². The third-order valence-electron chi connectivity index (χ3n) is 3.72. The Balaban J connectivity index is 2.90. The maximum Gasteiger partial charge on any atom is 0.134 e. The second-order valence-electron chi connectivity index (χ2n) is 5.20. The summed E-state index contributed by atoms with van der Waals surface area (Å²) >= 11 is 0. The molecule has 1 aromatic rings. The Kier molecular flexibility index (Phi) is 7.89. The van der Waals surface area contributed by atoms with Crippen LogP contribution in [0.15, 0.2) is 18.2 Å². The monoisotopic (exact) mass is 289 g/mol. The summed E-state index contributed by atoms with van der Waals surface area (Å²) in [6.07, 6.45) is 2.81. The summed E-state index contributed by atoms with van der Waals surface area (Å²) in [5, 5.41) is 8.82. The number of aliphatic hydroxyl groups is 1. The van der Waals surface area contributed by atoms with Gasteiger partial charge in [-0.1, -0.05) is 31.8 Å². The lowest BCUT2D eigenvalue weighted by molar-refractivity contribution is 0.221. The predicted octanol–water partition coefficient (Wildman–Crippen LogP) is 3.05. The summed E-state index contributed by atoms with van der Waals surface area (Å²) in [7, 11) is 3.82. The molecule has 0 saturated carbocycles. The van der Waals surface area contributed by atoms with Crippen LogP contribution in [-0.4, -0.2) is 36.8 Å². The lowest BCUT2D eigenvalue weighted by Crippen LogP contribution is -2.29. The van der Waals surface area contributed by atoms with Crippen LogP contribution in [0.5, 0.6) is 5.75 Å². The molecule has 0 aliphatic rings. The summed E-state index contributed by atoms with van der Waals surface area (Å²) in [6.45, 7) is 5.45. The van der Waals surface area contributed by atoms with Crippen LogP contribution >= 0.6 is 0 Å². The van der Waals surface area contributed by atoms with Gasteiger partial charge in [-0.25, -0.2) is 0 Å². The fourth-order valence-corrected chi connectivity index (χ4v) is 2.49. The molecule has 0 saturated heterocycles. The van der Waals surface area contributed by atoms with Crippen molar-refractivity contribution in [3.8, 4) is 17.6 Å². The number of ether oxygens (including phenoxy) is 1. The maximum atomic E-state index is 8.82. The Hall–Kier alpha value is -1.50. The van der Waals surface area contributed by atoms with Crippen LogP contribution in [-0.2, 0) is 6.54 Å². The van der Waals surface area contributed by atoms with E-state index in [9.17, 15) is 0 Å². The van der Waals surface area contributed by atoms with Crippen LogP contribution in [0.3, 0.4) is 0 Å². The highest BCUT2D eigenvalue weighted by Crippen LogP contribution is 2.20. The minimum absolute atomic E-state index is 0.0897. The summed E-state index contributed by atoms with van der Waals surface area (Å²) in [6, 6.07) is 6.76. The first kappa shape index (κ1) is 17.6. The van der Waals surface area contributed by atoms with Gasteiger partial charge in [0.15, 0.2) is 0 Å². The van der Waals surface area contributed by atoms with Crippen LogP contribution < -0.4 is 4.74 Å². The van der Waals surface area contributed by atoms with Crippen molar-refractivity contribution in [2.75, 3.05) is 20.8 Å². The van der Waals surface area contributed by atoms with E-state index in [1.54, 1.807) is 7.11 Å². The normalized spacial score (nSPS) is 10.6. The number of methoxy groups -OCH3 is 1. The van der Waals surface area contributed by atoms with Crippen molar-refractivity contribution >= 4 is 0 Å². The van der Waals surface area contributed by atoms with E-state index in [1.165, 1.54) is 5.56 Å². The molecule has 3 heteroatoms. The average molecular weight is 289 g/mol. The molecule has 0 amide bonds. The molecule has 0 heterocycles. The molecule has 21 heavy (non-hydrogen) atoms. The first-order chi connectivity index (χ1) is 10.2. The molecule has 0 atom stereocenters. The molecule has 3 nitrogen and oxygen atoms in total. The van der Waals surface area contributed by atoms with Gasteiger partial charge in [0.05, 0.1) is 19.3 Å². The highest BCUT2D eigenvalue weighted by molar-refractivity contribution is 5.48. The predicted molar refractivity (Wildman–Crippen MR) is 87.4 cm³/mol. The molecule has 0 unspecified atom stereocenters. The molecule has 116 valence electrons. The number of nitrogens with zero attached hydrogens (tertiary/aromatic N) is 1. The molecule has 0 aromatic heterocycles. The number of hydrogen-bond donors (Lipinski definition) is 1. The van der Waals surface area contributed by atoms with E-state index in [-0.39, 0.29) is 6.61 Å². The smallest absolute Gasteiger partial charge is 0.134 e. The first-order valence-corrected chi connectivity index (χ1v) is 7.63. The van der Waals surface area contributed by atoms with Crippen molar-refractivity contribution in [2.24, 2.45) is 0 Å². The Morgan fingerprint density at radius 3 is 2.57 bits per heavy atom. The second kappa shape index (κ2) is 9.44. The highest BCUT2D eigenvalue weighted by Gasteiger charge is 2.11. The summed E-state index contributed by atoms with van der Waals surface area (Å²) in [4.78, 5) is 2.38. The Morgan fingerprint density at radius 2 is 2.00 bits per heavy atom. The molecule has 1 aromatic carbocycles.